The van der Waals surface area contributed by atoms with Crippen LogP contribution in [0.25, 0.3) is 0 Å². The summed E-state index contributed by atoms with van der Waals surface area (Å²) in [6.07, 6.45) is 0.601. The minimum atomic E-state index is -3.52. The number of carbonyl (C=O) groups excluding carboxylic acids is 1. The van der Waals surface area contributed by atoms with Crippen LogP contribution < -0.4 is 5.73 Å². The Morgan fingerprint density at radius 3 is 2.65 bits per heavy atom. The normalized spacial score (nSPS) is 18.0. The minimum absolute atomic E-state index is 0.0483. The Kier molecular flexibility index (Phi) is 5.03. The Bertz CT molecular complexity index is 587. The molecule has 20 heavy (non-hydrogen) atoms. The third-order valence-electron chi connectivity index (χ3n) is 3.12. The van der Waals surface area contributed by atoms with Gasteiger partial charge in [-0.15, -0.1) is 11.3 Å². The molecule has 0 unspecified atom stereocenters. The van der Waals surface area contributed by atoms with Gasteiger partial charge in [0, 0.05) is 26.2 Å². The number of halogens is 1. The maximum absolute atomic E-state index is 12.4. The average Bonchev–Trinajstić information content (AvgIpc) is 2.72. The van der Waals surface area contributed by atoms with E-state index in [4.69, 9.17) is 17.3 Å². The Labute approximate surface area is 127 Å². The van der Waals surface area contributed by atoms with Gasteiger partial charge in [0.25, 0.3) is 10.0 Å². The second-order valence-electron chi connectivity index (χ2n) is 4.40. The molecule has 1 saturated heterocycles. The van der Waals surface area contributed by atoms with Gasteiger partial charge >= 0.3 is 0 Å². The van der Waals surface area contributed by atoms with Crippen LogP contribution in [0.2, 0.25) is 4.34 Å². The van der Waals surface area contributed by atoms with E-state index in [1.165, 1.54) is 10.4 Å². The standard InChI is InChI=1S/C11H16ClN3O3S2/c12-9-2-3-11(19-9)20(17,18)15-5-1-4-14(6-7-15)10(16)8-13/h2-3H,1,4-8,13H2. The summed E-state index contributed by atoms with van der Waals surface area (Å²) in [5.41, 5.74) is 5.33. The largest absolute Gasteiger partial charge is 0.340 e. The Balaban J connectivity index is 2.12. The number of sulfonamides is 1. The SMILES string of the molecule is NCC(=O)N1CCCN(S(=O)(=O)c2ccc(Cl)s2)CC1. The molecule has 6 nitrogen and oxygen atoms in total. The van der Waals surface area contributed by atoms with E-state index in [9.17, 15) is 13.2 Å². The summed E-state index contributed by atoms with van der Waals surface area (Å²) < 4.78 is 27.0. The van der Waals surface area contributed by atoms with Gasteiger partial charge < -0.3 is 10.6 Å². The van der Waals surface area contributed by atoms with Gasteiger partial charge in [-0.25, -0.2) is 8.42 Å². The van der Waals surface area contributed by atoms with Crippen molar-refractivity contribution >= 4 is 38.9 Å². The maximum Gasteiger partial charge on any atom is 0.252 e. The number of carbonyl (C=O) groups is 1. The molecule has 1 amide bonds. The number of nitrogens with two attached hydrogens (primary N) is 1. The second-order valence-corrected chi connectivity index (χ2v) is 8.28. The van der Waals surface area contributed by atoms with Crippen LogP contribution in [0, 0.1) is 0 Å². The van der Waals surface area contributed by atoms with Crippen LogP contribution in [0.3, 0.4) is 0 Å². The predicted octanol–water partition coefficient (Wildman–Crippen LogP) is 0.583. The summed E-state index contributed by atoms with van der Waals surface area (Å²) in [6, 6.07) is 3.08. The zero-order valence-electron chi connectivity index (χ0n) is 10.8. The van der Waals surface area contributed by atoms with E-state index in [2.05, 4.69) is 0 Å². The highest BCUT2D eigenvalue weighted by atomic mass is 35.5. The zero-order chi connectivity index (χ0) is 14.8. The Morgan fingerprint density at radius 2 is 2.05 bits per heavy atom. The van der Waals surface area contributed by atoms with Crippen molar-refractivity contribution < 1.29 is 13.2 Å². The number of hydrogen-bond donors (Lipinski definition) is 1. The van der Waals surface area contributed by atoms with Crippen molar-refractivity contribution in [1.29, 1.82) is 0 Å². The first kappa shape index (κ1) is 15.7. The van der Waals surface area contributed by atoms with E-state index in [0.29, 0.717) is 30.4 Å². The van der Waals surface area contributed by atoms with Crippen LogP contribution in [-0.4, -0.2) is 56.3 Å². The lowest BCUT2D eigenvalue weighted by Crippen LogP contribution is -2.39. The summed E-state index contributed by atoms with van der Waals surface area (Å²) in [4.78, 5) is 13.2. The van der Waals surface area contributed by atoms with Crippen LogP contribution in [0.4, 0.5) is 0 Å². The van der Waals surface area contributed by atoms with Crippen LogP contribution >= 0.6 is 22.9 Å². The number of nitrogens with zero attached hydrogens (tertiary/aromatic N) is 2. The van der Waals surface area contributed by atoms with E-state index in [1.807, 2.05) is 0 Å². The summed E-state index contributed by atoms with van der Waals surface area (Å²) in [5.74, 6) is -0.150. The molecule has 2 heterocycles. The van der Waals surface area contributed by atoms with Gasteiger partial charge in [0.1, 0.15) is 4.21 Å². The molecule has 1 aliphatic heterocycles. The highest BCUT2D eigenvalue weighted by molar-refractivity contribution is 7.91. The van der Waals surface area contributed by atoms with Crippen molar-refractivity contribution in [3.8, 4) is 0 Å². The van der Waals surface area contributed by atoms with Crippen molar-refractivity contribution in [2.24, 2.45) is 5.73 Å². The average molecular weight is 338 g/mol. The molecule has 1 aromatic rings. The molecule has 0 atom stereocenters. The molecule has 0 aromatic carbocycles. The lowest BCUT2D eigenvalue weighted by atomic mass is 10.4. The zero-order valence-corrected chi connectivity index (χ0v) is 13.2. The van der Waals surface area contributed by atoms with Crippen LogP contribution in [0.15, 0.2) is 16.3 Å². The molecular formula is C11H16ClN3O3S2. The second kappa shape index (κ2) is 6.40. The third kappa shape index (κ3) is 3.32. The minimum Gasteiger partial charge on any atom is -0.340 e. The quantitative estimate of drug-likeness (QED) is 0.874. The molecule has 1 aliphatic rings. The molecule has 1 fully saturated rings. The van der Waals surface area contributed by atoms with Gasteiger partial charge in [0.2, 0.25) is 5.91 Å². The first-order valence-electron chi connectivity index (χ1n) is 6.18. The van der Waals surface area contributed by atoms with Gasteiger partial charge in [-0.05, 0) is 18.6 Å². The lowest BCUT2D eigenvalue weighted by Gasteiger charge is -2.20. The molecule has 0 radical (unpaired) electrons. The lowest BCUT2D eigenvalue weighted by molar-refractivity contribution is -0.129. The van der Waals surface area contributed by atoms with Crippen LogP contribution in [0.5, 0.6) is 0 Å². The molecule has 2 N–H and O–H groups in total. The van der Waals surface area contributed by atoms with Crippen molar-refractivity contribution in [3.63, 3.8) is 0 Å². The van der Waals surface area contributed by atoms with E-state index in [1.54, 1.807) is 11.0 Å². The predicted molar refractivity (Wildman–Crippen MR) is 78.3 cm³/mol. The highest BCUT2D eigenvalue weighted by Crippen LogP contribution is 2.28. The molecule has 0 bridgehead atoms. The van der Waals surface area contributed by atoms with E-state index >= 15 is 0 Å². The number of hydrogen-bond acceptors (Lipinski definition) is 5. The van der Waals surface area contributed by atoms with Gasteiger partial charge in [-0.1, -0.05) is 11.6 Å². The smallest absolute Gasteiger partial charge is 0.252 e. The van der Waals surface area contributed by atoms with Gasteiger partial charge in [-0.2, -0.15) is 4.31 Å². The first-order valence-corrected chi connectivity index (χ1v) is 8.82. The monoisotopic (exact) mass is 337 g/mol. The van der Waals surface area contributed by atoms with Crippen molar-refractivity contribution in [2.75, 3.05) is 32.7 Å². The highest BCUT2D eigenvalue weighted by Gasteiger charge is 2.29. The Morgan fingerprint density at radius 1 is 1.30 bits per heavy atom. The Hall–Kier alpha value is -0.670. The van der Waals surface area contributed by atoms with Crippen LogP contribution in [-0.2, 0) is 14.8 Å². The van der Waals surface area contributed by atoms with Gasteiger partial charge in [0.15, 0.2) is 0 Å². The molecule has 9 heteroatoms. The summed E-state index contributed by atoms with van der Waals surface area (Å²) >= 11 is 6.83. The fourth-order valence-electron chi connectivity index (χ4n) is 2.08. The molecule has 0 aliphatic carbocycles. The third-order valence-corrected chi connectivity index (χ3v) is 6.72. The molecule has 1 aromatic heterocycles. The van der Waals surface area contributed by atoms with E-state index < -0.39 is 10.0 Å². The molecule has 0 spiro atoms. The van der Waals surface area contributed by atoms with Crippen molar-refractivity contribution in [2.45, 2.75) is 10.6 Å². The van der Waals surface area contributed by atoms with Crippen LogP contribution in [0.1, 0.15) is 6.42 Å². The van der Waals surface area contributed by atoms with E-state index in [-0.39, 0.29) is 23.2 Å². The van der Waals surface area contributed by atoms with Crippen molar-refractivity contribution in [1.82, 2.24) is 9.21 Å². The van der Waals surface area contributed by atoms with Crippen molar-refractivity contribution in [3.05, 3.63) is 16.5 Å². The maximum atomic E-state index is 12.4. The van der Waals surface area contributed by atoms with E-state index in [0.717, 1.165) is 11.3 Å². The van der Waals surface area contributed by atoms with Gasteiger partial charge in [-0.3, -0.25) is 4.79 Å². The van der Waals surface area contributed by atoms with Gasteiger partial charge in [0.05, 0.1) is 10.9 Å². The number of rotatable bonds is 3. The molecule has 112 valence electrons. The fraction of sp³-hybridized carbons (Fsp3) is 0.545. The first-order chi connectivity index (χ1) is 9.45. The molecular weight excluding hydrogens is 322 g/mol. The summed E-state index contributed by atoms with van der Waals surface area (Å²) in [6.45, 7) is 1.53. The summed E-state index contributed by atoms with van der Waals surface area (Å²) in [5, 5.41) is 0. The molecule has 0 saturated carbocycles. The fourth-order valence-corrected chi connectivity index (χ4v) is 5.18. The summed E-state index contributed by atoms with van der Waals surface area (Å²) in [7, 11) is -3.52. The topological polar surface area (TPSA) is 83.7 Å². The number of amides is 1. The molecule has 2 rings (SSSR count). The number of thiophene rings is 1.